The van der Waals surface area contributed by atoms with Gasteiger partial charge in [-0.25, -0.2) is 0 Å². The molecule has 6 nitrogen and oxygen atoms in total. The first-order chi connectivity index (χ1) is 11.4. The van der Waals surface area contributed by atoms with Gasteiger partial charge in [0, 0.05) is 38.3 Å². The second-order valence-electron chi connectivity index (χ2n) is 5.62. The zero-order valence-corrected chi connectivity index (χ0v) is 14.1. The first-order valence-electron chi connectivity index (χ1n) is 7.64. The summed E-state index contributed by atoms with van der Waals surface area (Å²) in [5, 5.41) is 5.39. The molecule has 2 aliphatic rings. The Labute approximate surface area is 149 Å². The normalized spacial score (nSPS) is 18.4. The van der Waals surface area contributed by atoms with Crippen molar-refractivity contribution < 1.29 is 27.4 Å². The van der Waals surface area contributed by atoms with Gasteiger partial charge in [-0.15, -0.1) is 12.4 Å². The maximum absolute atomic E-state index is 13.3. The number of fused-ring (bicyclic) bond motifs is 1. The summed E-state index contributed by atoms with van der Waals surface area (Å²) in [6, 6.07) is 2.83. The van der Waals surface area contributed by atoms with Gasteiger partial charge in [-0.1, -0.05) is 0 Å². The van der Waals surface area contributed by atoms with Gasteiger partial charge in [0.2, 0.25) is 6.79 Å². The largest absolute Gasteiger partial charge is 0.454 e. The molecule has 25 heavy (non-hydrogen) atoms. The van der Waals surface area contributed by atoms with Crippen molar-refractivity contribution in [3.05, 3.63) is 23.8 Å². The molecule has 1 fully saturated rings. The third-order valence-corrected chi connectivity index (χ3v) is 4.06. The summed E-state index contributed by atoms with van der Waals surface area (Å²) in [7, 11) is 0. The van der Waals surface area contributed by atoms with Crippen molar-refractivity contribution in [1.29, 1.82) is 0 Å². The van der Waals surface area contributed by atoms with Gasteiger partial charge >= 0.3 is 6.18 Å². The Morgan fingerprint density at radius 2 is 1.92 bits per heavy atom. The molecule has 1 saturated heterocycles. The van der Waals surface area contributed by atoms with Crippen molar-refractivity contribution in [1.82, 2.24) is 15.5 Å². The molecule has 140 valence electrons. The van der Waals surface area contributed by atoms with E-state index in [0.29, 0.717) is 37.7 Å². The van der Waals surface area contributed by atoms with Crippen LogP contribution in [0.5, 0.6) is 11.5 Å². The molecular weight excluding hydrogens is 363 g/mol. The molecule has 0 aliphatic carbocycles. The van der Waals surface area contributed by atoms with Crippen LogP contribution >= 0.6 is 12.4 Å². The number of halogens is 4. The SMILES string of the molecule is Cl.O=C(NCC(N1CCNCC1)C(F)(F)F)c1ccc2c(c1)OCO2. The monoisotopic (exact) mass is 381 g/mol. The second-order valence-corrected chi connectivity index (χ2v) is 5.62. The Morgan fingerprint density at radius 3 is 2.60 bits per heavy atom. The van der Waals surface area contributed by atoms with Gasteiger partial charge in [0.25, 0.3) is 5.91 Å². The number of nitrogens with one attached hydrogen (secondary N) is 2. The number of piperazine rings is 1. The van der Waals surface area contributed by atoms with Crippen molar-refractivity contribution in [3.8, 4) is 11.5 Å². The fourth-order valence-electron chi connectivity index (χ4n) is 2.77. The third kappa shape index (κ3) is 4.68. The average molecular weight is 382 g/mol. The van der Waals surface area contributed by atoms with Crippen LogP contribution in [0, 0.1) is 0 Å². The average Bonchev–Trinajstić information content (AvgIpc) is 3.02. The molecule has 2 N–H and O–H groups in total. The van der Waals surface area contributed by atoms with E-state index >= 15 is 0 Å². The van der Waals surface area contributed by atoms with E-state index in [1.165, 1.54) is 17.0 Å². The highest BCUT2D eigenvalue weighted by Crippen LogP contribution is 2.32. The molecule has 2 heterocycles. The van der Waals surface area contributed by atoms with E-state index in [2.05, 4.69) is 10.6 Å². The molecule has 0 saturated carbocycles. The van der Waals surface area contributed by atoms with E-state index in [1.54, 1.807) is 6.07 Å². The predicted molar refractivity (Wildman–Crippen MR) is 86.4 cm³/mol. The van der Waals surface area contributed by atoms with Gasteiger partial charge in [0.05, 0.1) is 0 Å². The molecule has 10 heteroatoms. The van der Waals surface area contributed by atoms with Crippen LogP contribution in [0.15, 0.2) is 18.2 Å². The van der Waals surface area contributed by atoms with Gasteiger partial charge in [-0.3, -0.25) is 9.69 Å². The number of carbonyl (C=O) groups excluding carboxylic acids is 1. The first kappa shape index (κ1) is 19.6. The van der Waals surface area contributed by atoms with Crippen molar-refractivity contribution >= 4 is 18.3 Å². The summed E-state index contributed by atoms with van der Waals surface area (Å²) in [6.45, 7) is 1.18. The maximum atomic E-state index is 13.3. The molecular formula is C15H19ClF3N3O3. The van der Waals surface area contributed by atoms with E-state index in [9.17, 15) is 18.0 Å². The van der Waals surface area contributed by atoms with E-state index in [1.807, 2.05) is 0 Å². The standard InChI is InChI=1S/C15H18F3N3O3.ClH/c16-15(17,18)13(21-5-3-19-4-6-21)8-20-14(22)10-1-2-11-12(7-10)24-9-23-11;/h1-2,7,13,19H,3-6,8-9H2,(H,20,22);1H. The first-order valence-corrected chi connectivity index (χ1v) is 7.64. The van der Waals surface area contributed by atoms with E-state index in [0.717, 1.165) is 0 Å². The molecule has 0 radical (unpaired) electrons. The van der Waals surface area contributed by atoms with Crippen LogP contribution in [0.2, 0.25) is 0 Å². The minimum atomic E-state index is -4.40. The maximum Gasteiger partial charge on any atom is 0.405 e. The van der Waals surface area contributed by atoms with Crippen LogP contribution in [0.4, 0.5) is 13.2 Å². The minimum Gasteiger partial charge on any atom is -0.454 e. The van der Waals surface area contributed by atoms with Gasteiger partial charge in [0.1, 0.15) is 6.04 Å². The highest BCUT2D eigenvalue weighted by molar-refractivity contribution is 5.94. The van der Waals surface area contributed by atoms with Crippen LogP contribution in [-0.2, 0) is 0 Å². The summed E-state index contributed by atoms with van der Waals surface area (Å²) in [5.74, 6) is 0.357. The minimum absolute atomic E-state index is 0. The molecule has 3 rings (SSSR count). The predicted octanol–water partition coefficient (Wildman–Crippen LogP) is 1.40. The smallest absolute Gasteiger partial charge is 0.405 e. The Kier molecular flexibility index (Phi) is 6.36. The highest BCUT2D eigenvalue weighted by Gasteiger charge is 2.43. The lowest BCUT2D eigenvalue weighted by molar-refractivity contribution is -0.183. The quantitative estimate of drug-likeness (QED) is 0.825. The Hall–Kier alpha value is -1.71. The Balaban J connectivity index is 0.00000225. The van der Waals surface area contributed by atoms with Gasteiger partial charge in [-0.05, 0) is 18.2 Å². The summed E-state index contributed by atoms with van der Waals surface area (Å²) < 4.78 is 50.2. The molecule has 0 aromatic heterocycles. The molecule has 0 bridgehead atoms. The van der Waals surface area contributed by atoms with Crippen LogP contribution in [0.25, 0.3) is 0 Å². The summed E-state index contributed by atoms with van der Waals surface area (Å²) >= 11 is 0. The van der Waals surface area contributed by atoms with Gasteiger partial charge in [0.15, 0.2) is 11.5 Å². The van der Waals surface area contributed by atoms with Crippen LogP contribution < -0.4 is 20.1 Å². The van der Waals surface area contributed by atoms with Gasteiger partial charge in [-0.2, -0.15) is 13.2 Å². The zero-order chi connectivity index (χ0) is 17.2. The molecule has 1 aromatic carbocycles. The van der Waals surface area contributed by atoms with Crippen molar-refractivity contribution in [3.63, 3.8) is 0 Å². The zero-order valence-electron chi connectivity index (χ0n) is 13.3. The van der Waals surface area contributed by atoms with E-state index in [-0.39, 0.29) is 24.8 Å². The molecule has 2 aliphatic heterocycles. The Bertz CT molecular complexity index is 609. The Morgan fingerprint density at radius 1 is 1.24 bits per heavy atom. The van der Waals surface area contributed by atoms with Crippen molar-refractivity contribution in [2.24, 2.45) is 0 Å². The second kappa shape index (κ2) is 8.11. The molecule has 1 aromatic rings. The number of nitrogens with zero attached hydrogens (tertiary/aromatic N) is 1. The molecule has 1 amide bonds. The molecule has 1 atom stereocenters. The summed E-state index contributed by atoms with van der Waals surface area (Å²) in [4.78, 5) is 13.5. The van der Waals surface area contributed by atoms with E-state index < -0.39 is 24.7 Å². The topological polar surface area (TPSA) is 62.8 Å². The number of hydrogen-bond acceptors (Lipinski definition) is 5. The van der Waals surface area contributed by atoms with E-state index in [4.69, 9.17) is 9.47 Å². The van der Waals surface area contributed by atoms with Crippen LogP contribution in [0.1, 0.15) is 10.4 Å². The summed E-state index contributed by atoms with van der Waals surface area (Å²) in [6.07, 6.45) is -4.40. The lowest BCUT2D eigenvalue weighted by atomic mass is 10.1. The van der Waals surface area contributed by atoms with Crippen LogP contribution in [-0.4, -0.2) is 62.5 Å². The number of hydrogen-bond donors (Lipinski definition) is 2. The lowest BCUT2D eigenvalue weighted by Crippen LogP contribution is -2.57. The highest BCUT2D eigenvalue weighted by atomic mass is 35.5. The number of carbonyl (C=O) groups is 1. The van der Waals surface area contributed by atoms with Crippen molar-refractivity contribution in [2.45, 2.75) is 12.2 Å². The fraction of sp³-hybridized carbons (Fsp3) is 0.533. The number of amides is 1. The van der Waals surface area contributed by atoms with Crippen LogP contribution in [0.3, 0.4) is 0 Å². The fourth-order valence-corrected chi connectivity index (χ4v) is 2.77. The van der Waals surface area contributed by atoms with Crippen molar-refractivity contribution in [2.75, 3.05) is 39.5 Å². The summed E-state index contributed by atoms with van der Waals surface area (Å²) in [5.41, 5.74) is 0.237. The number of benzene rings is 1. The molecule has 0 spiro atoms. The molecule has 1 unspecified atom stereocenters. The lowest BCUT2D eigenvalue weighted by Gasteiger charge is -2.35. The third-order valence-electron chi connectivity index (χ3n) is 4.06. The number of ether oxygens (including phenoxy) is 2. The number of alkyl halides is 3. The number of rotatable bonds is 4. The van der Waals surface area contributed by atoms with Gasteiger partial charge < -0.3 is 20.1 Å².